The summed E-state index contributed by atoms with van der Waals surface area (Å²) in [4.78, 5) is 18.6. The topological polar surface area (TPSA) is 74.6 Å². The summed E-state index contributed by atoms with van der Waals surface area (Å²) in [6.07, 6.45) is 2.09. The van der Waals surface area contributed by atoms with Gasteiger partial charge < -0.3 is 15.5 Å². The number of H-pyrrole nitrogens is 1. The molecule has 6 heteroatoms. The number of carbonyl (C=O) groups excluding carboxylic acids is 1. The smallest absolute Gasteiger partial charge is 0.231 e. The van der Waals surface area contributed by atoms with Crippen molar-refractivity contribution in [3.8, 4) is 0 Å². The number of rotatable bonds is 6. The molecule has 3 rings (SSSR count). The highest BCUT2D eigenvalue weighted by molar-refractivity contribution is 5.82. The van der Waals surface area contributed by atoms with E-state index in [4.69, 9.17) is 10.5 Å². The van der Waals surface area contributed by atoms with Crippen LogP contribution in [0.15, 0.2) is 30.5 Å². The molecule has 2 heterocycles. The summed E-state index contributed by atoms with van der Waals surface area (Å²) in [7, 11) is 1.90. The first kappa shape index (κ1) is 16.0. The Morgan fingerprint density at radius 1 is 1.48 bits per heavy atom. The molecular formula is C17H24N4O2. The van der Waals surface area contributed by atoms with Gasteiger partial charge in [0.15, 0.2) is 0 Å². The number of aromatic nitrogens is 1. The second kappa shape index (κ2) is 7.12. The van der Waals surface area contributed by atoms with Gasteiger partial charge in [-0.2, -0.15) is 0 Å². The molecule has 124 valence electrons. The Morgan fingerprint density at radius 2 is 2.35 bits per heavy atom. The minimum Gasteiger partial charge on any atom is -0.374 e. The van der Waals surface area contributed by atoms with Crippen LogP contribution in [0.25, 0.3) is 10.9 Å². The lowest BCUT2D eigenvalue weighted by Crippen LogP contribution is -2.47. The Balaban J connectivity index is 1.60. The molecule has 6 nitrogen and oxygen atoms in total. The Morgan fingerprint density at radius 3 is 3.17 bits per heavy atom. The van der Waals surface area contributed by atoms with Crippen LogP contribution in [-0.4, -0.2) is 66.6 Å². The molecule has 1 aromatic carbocycles. The molecule has 3 N–H and O–H groups in total. The summed E-state index contributed by atoms with van der Waals surface area (Å²) in [6.45, 7) is 4.41. The number of amides is 1. The van der Waals surface area contributed by atoms with Crippen molar-refractivity contribution < 1.29 is 9.53 Å². The molecule has 0 bridgehead atoms. The molecule has 1 amide bonds. The number of nitrogens with one attached hydrogen (secondary N) is 1. The standard InChI is InChI=1S/C17H24N4O2/c1-20(12-17(18)22)10-14-11-21(7-8-23-14)9-13-3-2-4-16-15(13)5-6-19-16/h2-6,14,19H,7-12H2,1H3,(H2,18,22). The first-order valence-corrected chi connectivity index (χ1v) is 7.97. The second-order valence-corrected chi connectivity index (χ2v) is 6.25. The van der Waals surface area contributed by atoms with E-state index in [2.05, 4.69) is 34.1 Å². The third kappa shape index (κ3) is 4.10. The van der Waals surface area contributed by atoms with Crippen molar-refractivity contribution in [3.05, 3.63) is 36.0 Å². The van der Waals surface area contributed by atoms with Gasteiger partial charge in [0, 0.05) is 43.3 Å². The number of likely N-dealkylation sites (N-methyl/N-ethyl adjacent to an activating group) is 1. The van der Waals surface area contributed by atoms with Gasteiger partial charge in [0.1, 0.15) is 0 Å². The maximum Gasteiger partial charge on any atom is 0.231 e. The molecule has 1 aliphatic rings. The number of primary amides is 1. The van der Waals surface area contributed by atoms with E-state index in [0.717, 1.165) is 26.2 Å². The van der Waals surface area contributed by atoms with Crippen LogP contribution in [0.3, 0.4) is 0 Å². The molecule has 0 aliphatic carbocycles. The van der Waals surface area contributed by atoms with Crippen LogP contribution in [0, 0.1) is 0 Å². The van der Waals surface area contributed by atoms with Crippen LogP contribution in [0.4, 0.5) is 0 Å². The number of morpholine rings is 1. The van der Waals surface area contributed by atoms with Gasteiger partial charge >= 0.3 is 0 Å². The molecule has 1 saturated heterocycles. The number of ether oxygens (including phenoxy) is 1. The summed E-state index contributed by atoms with van der Waals surface area (Å²) >= 11 is 0. The first-order chi connectivity index (χ1) is 11.1. The van der Waals surface area contributed by atoms with Crippen molar-refractivity contribution in [3.63, 3.8) is 0 Å². The van der Waals surface area contributed by atoms with Gasteiger partial charge in [0.05, 0.1) is 19.3 Å². The van der Waals surface area contributed by atoms with Gasteiger partial charge in [-0.1, -0.05) is 12.1 Å². The Hall–Kier alpha value is -1.89. The van der Waals surface area contributed by atoms with Crippen LogP contribution < -0.4 is 5.73 Å². The van der Waals surface area contributed by atoms with Gasteiger partial charge in [0.2, 0.25) is 5.91 Å². The number of fused-ring (bicyclic) bond motifs is 1. The predicted octanol–water partition coefficient (Wildman–Crippen LogP) is 0.786. The van der Waals surface area contributed by atoms with Crippen LogP contribution >= 0.6 is 0 Å². The van der Waals surface area contributed by atoms with E-state index in [1.165, 1.54) is 16.5 Å². The van der Waals surface area contributed by atoms with E-state index < -0.39 is 0 Å². The Labute approximate surface area is 136 Å². The lowest BCUT2D eigenvalue weighted by atomic mass is 10.1. The van der Waals surface area contributed by atoms with E-state index >= 15 is 0 Å². The monoisotopic (exact) mass is 316 g/mol. The summed E-state index contributed by atoms with van der Waals surface area (Å²) in [5.41, 5.74) is 7.74. The van der Waals surface area contributed by atoms with Gasteiger partial charge in [-0.15, -0.1) is 0 Å². The van der Waals surface area contributed by atoms with E-state index in [0.29, 0.717) is 6.54 Å². The Bertz CT molecular complexity index is 669. The molecule has 0 spiro atoms. The SMILES string of the molecule is CN(CC(N)=O)CC1CN(Cc2cccc3[nH]ccc23)CCO1. The Kier molecular flexibility index (Phi) is 4.95. The molecule has 0 radical (unpaired) electrons. The van der Waals surface area contributed by atoms with Crippen molar-refractivity contribution in [1.29, 1.82) is 0 Å². The van der Waals surface area contributed by atoms with Crippen LogP contribution in [0.1, 0.15) is 5.56 Å². The summed E-state index contributed by atoms with van der Waals surface area (Å²) in [5, 5.41) is 1.28. The van der Waals surface area contributed by atoms with Crippen molar-refractivity contribution >= 4 is 16.8 Å². The minimum absolute atomic E-state index is 0.110. The fourth-order valence-corrected chi connectivity index (χ4v) is 3.24. The molecule has 1 atom stereocenters. The van der Waals surface area contributed by atoms with Gasteiger partial charge in [0.25, 0.3) is 0 Å². The number of nitrogens with two attached hydrogens (primary N) is 1. The highest BCUT2D eigenvalue weighted by Gasteiger charge is 2.22. The molecule has 1 aromatic heterocycles. The molecule has 23 heavy (non-hydrogen) atoms. The highest BCUT2D eigenvalue weighted by Crippen LogP contribution is 2.20. The minimum atomic E-state index is -0.306. The van der Waals surface area contributed by atoms with Crippen molar-refractivity contribution in [2.45, 2.75) is 12.6 Å². The van der Waals surface area contributed by atoms with E-state index in [-0.39, 0.29) is 18.6 Å². The van der Waals surface area contributed by atoms with Crippen molar-refractivity contribution in [2.75, 3.05) is 39.8 Å². The zero-order chi connectivity index (χ0) is 16.2. The molecule has 1 fully saturated rings. The number of carbonyl (C=O) groups is 1. The lowest BCUT2D eigenvalue weighted by molar-refractivity contribution is -0.119. The fourth-order valence-electron chi connectivity index (χ4n) is 3.24. The van der Waals surface area contributed by atoms with Crippen molar-refractivity contribution in [1.82, 2.24) is 14.8 Å². The average Bonchev–Trinajstić information content (AvgIpc) is 2.96. The normalized spacial score (nSPS) is 19.5. The van der Waals surface area contributed by atoms with E-state index in [1.54, 1.807) is 0 Å². The van der Waals surface area contributed by atoms with Gasteiger partial charge in [-0.3, -0.25) is 14.6 Å². The maximum atomic E-state index is 11.0. The first-order valence-electron chi connectivity index (χ1n) is 7.97. The summed E-state index contributed by atoms with van der Waals surface area (Å²) in [5.74, 6) is -0.306. The zero-order valence-electron chi connectivity index (χ0n) is 13.5. The van der Waals surface area contributed by atoms with E-state index in [9.17, 15) is 4.79 Å². The molecule has 1 unspecified atom stereocenters. The summed E-state index contributed by atoms with van der Waals surface area (Å²) in [6, 6.07) is 8.50. The van der Waals surface area contributed by atoms with Crippen LogP contribution in [0.2, 0.25) is 0 Å². The fraction of sp³-hybridized carbons (Fsp3) is 0.471. The zero-order valence-corrected chi connectivity index (χ0v) is 13.5. The van der Waals surface area contributed by atoms with Gasteiger partial charge in [-0.25, -0.2) is 0 Å². The average molecular weight is 316 g/mol. The number of nitrogens with zero attached hydrogens (tertiary/aromatic N) is 2. The third-order valence-corrected chi connectivity index (χ3v) is 4.24. The number of aromatic amines is 1. The maximum absolute atomic E-state index is 11.0. The lowest BCUT2D eigenvalue weighted by Gasteiger charge is -2.34. The van der Waals surface area contributed by atoms with Crippen LogP contribution in [-0.2, 0) is 16.1 Å². The predicted molar refractivity (Wildman–Crippen MR) is 90.0 cm³/mol. The largest absolute Gasteiger partial charge is 0.374 e. The molecule has 0 saturated carbocycles. The van der Waals surface area contributed by atoms with Crippen LogP contribution in [0.5, 0.6) is 0 Å². The number of benzene rings is 1. The van der Waals surface area contributed by atoms with Crippen molar-refractivity contribution in [2.24, 2.45) is 5.73 Å². The third-order valence-electron chi connectivity index (χ3n) is 4.24. The second-order valence-electron chi connectivity index (χ2n) is 6.25. The quantitative estimate of drug-likeness (QED) is 0.826. The molecular weight excluding hydrogens is 292 g/mol. The highest BCUT2D eigenvalue weighted by atomic mass is 16.5. The molecule has 2 aromatic rings. The number of hydrogen-bond donors (Lipinski definition) is 2. The summed E-state index contributed by atoms with van der Waals surface area (Å²) < 4.78 is 5.83. The molecule has 1 aliphatic heterocycles. The van der Waals surface area contributed by atoms with Gasteiger partial charge in [-0.05, 0) is 24.7 Å². The van der Waals surface area contributed by atoms with E-state index in [1.807, 2.05) is 18.1 Å². The number of hydrogen-bond acceptors (Lipinski definition) is 4.